The maximum atomic E-state index is 15.4. The highest BCUT2D eigenvalue weighted by Gasteiger charge is 2.29. The lowest BCUT2D eigenvalue weighted by molar-refractivity contribution is -0.140. The molecular formula is C31H28F2N4O4S. The number of carbonyl (C=O) groups excluding carboxylic acids is 2. The summed E-state index contributed by atoms with van der Waals surface area (Å²) < 4.78 is 29.8. The van der Waals surface area contributed by atoms with E-state index in [9.17, 15) is 23.9 Å². The Morgan fingerprint density at radius 3 is 2.55 bits per heavy atom. The first-order chi connectivity index (χ1) is 20.2. The minimum atomic E-state index is -1.13. The number of pyridine rings is 1. The van der Waals surface area contributed by atoms with E-state index in [1.807, 2.05) is 6.07 Å². The lowest BCUT2D eigenvalue weighted by Crippen LogP contribution is -2.35. The van der Waals surface area contributed by atoms with Gasteiger partial charge in [0.25, 0.3) is 0 Å². The molecule has 4 aromatic rings. The van der Waals surface area contributed by atoms with Gasteiger partial charge in [0.2, 0.25) is 16.9 Å². The molecule has 5 rings (SSSR count). The largest absolute Gasteiger partial charge is 0.481 e. The Bertz CT molecular complexity index is 1610. The smallest absolute Gasteiger partial charge is 0.304 e. The predicted molar refractivity (Wildman–Crippen MR) is 156 cm³/mol. The fourth-order valence-electron chi connectivity index (χ4n) is 5.04. The molecule has 0 radical (unpaired) electrons. The standard InChI is InChI=1S/C31H28F2N4O4S/c1-36(30(41)21(16-27(39)40)15-19-7-3-2-4-8-19)31-35-28(29(33)42-31)24-17-22(32)11-12-23(24)20-10-13-25(34-18-20)37-14-6-5-9-26(37)38/h2-4,7-8,10-13,17-18,21H,5-6,9,14-16H2,1H3,(H,39,40). The molecule has 2 aromatic carbocycles. The van der Waals surface area contributed by atoms with E-state index in [1.54, 1.807) is 47.5 Å². The van der Waals surface area contributed by atoms with Crippen LogP contribution in [0.15, 0.2) is 66.9 Å². The number of hydrogen-bond acceptors (Lipinski definition) is 6. The van der Waals surface area contributed by atoms with Crippen LogP contribution in [0.1, 0.15) is 31.2 Å². The van der Waals surface area contributed by atoms with E-state index in [-0.39, 0.29) is 28.7 Å². The summed E-state index contributed by atoms with van der Waals surface area (Å²) in [6, 6.07) is 16.4. The molecule has 11 heteroatoms. The van der Waals surface area contributed by atoms with Crippen LogP contribution in [0.4, 0.5) is 19.7 Å². The first kappa shape index (κ1) is 29.0. The Balaban J connectivity index is 1.43. The summed E-state index contributed by atoms with van der Waals surface area (Å²) in [5.74, 6) is -2.62. The van der Waals surface area contributed by atoms with Crippen molar-refractivity contribution in [1.29, 1.82) is 0 Å². The molecule has 8 nitrogen and oxygen atoms in total. The van der Waals surface area contributed by atoms with Crippen LogP contribution >= 0.6 is 11.3 Å². The zero-order valence-corrected chi connectivity index (χ0v) is 23.6. The summed E-state index contributed by atoms with van der Waals surface area (Å²) in [4.78, 5) is 48.8. The first-order valence-electron chi connectivity index (χ1n) is 13.5. The second-order valence-corrected chi connectivity index (χ2v) is 11.0. The van der Waals surface area contributed by atoms with Gasteiger partial charge in [-0.3, -0.25) is 24.2 Å². The Labute approximate surface area is 245 Å². The van der Waals surface area contributed by atoms with Crippen molar-refractivity contribution >= 4 is 40.1 Å². The number of halogens is 2. The molecule has 0 bridgehead atoms. The van der Waals surface area contributed by atoms with Crippen LogP contribution in [0.5, 0.6) is 0 Å². The number of aliphatic carboxylic acids is 1. The summed E-state index contributed by atoms with van der Waals surface area (Å²) in [5.41, 5.74) is 1.87. The fraction of sp³-hybridized carbons (Fsp3) is 0.258. The highest BCUT2D eigenvalue weighted by Crippen LogP contribution is 2.38. The lowest BCUT2D eigenvalue weighted by atomic mass is 9.95. The minimum absolute atomic E-state index is 0.00840. The highest BCUT2D eigenvalue weighted by molar-refractivity contribution is 7.14. The third-order valence-electron chi connectivity index (χ3n) is 7.18. The van der Waals surface area contributed by atoms with Gasteiger partial charge in [-0.25, -0.2) is 14.4 Å². The van der Waals surface area contributed by atoms with Crippen LogP contribution in [0.3, 0.4) is 0 Å². The molecule has 1 N–H and O–H groups in total. The van der Waals surface area contributed by atoms with Crippen molar-refractivity contribution in [2.45, 2.75) is 32.1 Å². The molecule has 0 aliphatic carbocycles. The molecule has 2 aromatic heterocycles. The normalized spacial score (nSPS) is 14.1. The Morgan fingerprint density at radius 1 is 1.07 bits per heavy atom. The second-order valence-electron chi connectivity index (χ2n) is 10.1. The minimum Gasteiger partial charge on any atom is -0.481 e. The summed E-state index contributed by atoms with van der Waals surface area (Å²) in [6.07, 6.45) is 3.55. The van der Waals surface area contributed by atoms with Crippen LogP contribution in [-0.2, 0) is 20.8 Å². The zero-order valence-electron chi connectivity index (χ0n) is 22.8. The first-order valence-corrected chi connectivity index (χ1v) is 14.3. The molecule has 0 saturated carbocycles. The number of anilines is 2. The number of carboxylic acid groups (broad SMARTS) is 1. The van der Waals surface area contributed by atoms with E-state index in [0.29, 0.717) is 41.2 Å². The van der Waals surface area contributed by atoms with Gasteiger partial charge in [0, 0.05) is 37.3 Å². The van der Waals surface area contributed by atoms with Crippen molar-refractivity contribution in [2.75, 3.05) is 23.4 Å². The maximum absolute atomic E-state index is 15.4. The van der Waals surface area contributed by atoms with Crippen LogP contribution in [0.25, 0.3) is 22.4 Å². The molecule has 0 spiro atoms. The Hall–Kier alpha value is -4.51. The van der Waals surface area contributed by atoms with E-state index in [1.165, 1.54) is 25.2 Å². The van der Waals surface area contributed by atoms with E-state index in [2.05, 4.69) is 9.97 Å². The molecule has 1 atom stereocenters. The number of carboxylic acids is 1. The summed E-state index contributed by atoms with van der Waals surface area (Å²) in [5, 5.41) is 8.72. The summed E-state index contributed by atoms with van der Waals surface area (Å²) in [6.45, 7) is 0.588. The molecular weight excluding hydrogens is 562 g/mol. The van der Waals surface area contributed by atoms with Crippen molar-refractivity contribution < 1.29 is 28.3 Å². The summed E-state index contributed by atoms with van der Waals surface area (Å²) in [7, 11) is 1.42. The van der Waals surface area contributed by atoms with Crippen LogP contribution in [0, 0.1) is 16.9 Å². The van der Waals surface area contributed by atoms with Gasteiger partial charge < -0.3 is 5.11 Å². The van der Waals surface area contributed by atoms with Crippen LogP contribution in [0.2, 0.25) is 0 Å². The maximum Gasteiger partial charge on any atom is 0.304 e. The predicted octanol–water partition coefficient (Wildman–Crippen LogP) is 5.96. The van der Waals surface area contributed by atoms with Gasteiger partial charge in [-0.1, -0.05) is 47.7 Å². The molecule has 1 unspecified atom stereocenters. The molecule has 1 aliphatic rings. The number of hydrogen-bond donors (Lipinski definition) is 1. The van der Waals surface area contributed by atoms with Gasteiger partial charge in [-0.05, 0) is 54.7 Å². The SMILES string of the molecule is CN(C(=O)C(CC(=O)O)Cc1ccccc1)c1nc(-c2cc(F)ccc2-c2ccc(N3CCCCC3=O)nc2)c(F)s1. The van der Waals surface area contributed by atoms with Gasteiger partial charge in [0.15, 0.2) is 5.13 Å². The Morgan fingerprint density at radius 2 is 1.86 bits per heavy atom. The number of amides is 2. The topological polar surface area (TPSA) is 104 Å². The van der Waals surface area contributed by atoms with E-state index in [4.69, 9.17) is 0 Å². The summed E-state index contributed by atoms with van der Waals surface area (Å²) >= 11 is 0.617. The number of thiazole rings is 1. The molecule has 42 heavy (non-hydrogen) atoms. The molecule has 216 valence electrons. The van der Waals surface area contributed by atoms with Gasteiger partial charge in [-0.15, -0.1) is 0 Å². The number of nitrogens with zero attached hydrogens (tertiary/aromatic N) is 4. The number of rotatable bonds is 9. The zero-order chi connectivity index (χ0) is 29.8. The van der Waals surface area contributed by atoms with Gasteiger partial charge in [0.05, 0.1) is 12.3 Å². The monoisotopic (exact) mass is 590 g/mol. The quantitative estimate of drug-likeness (QED) is 0.258. The third-order valence-corrected chi connectivity index (χ3v) is 8.10. The molecule has 2 amide bonds. The second kappa shape index (κ2) is 12.6. The lowest BCUT2D eigenvalue weighted by Gasteiger charge is -2.25. The van der Waals surface area contributed by atoms with E-state index in [0.717, 1.165) is 23.3 Å². The van der Waals surface area contributed by atoms with Crippen molar-refractivity contribution in [1.82, 2.24) is 9.97 Å². The number of benzene rings is 2. The van der Waals surface area contributed by atoms with E-state index >= 15 is 4.39 Å². The van der Waals surface area contributed by atoms with Gasteiger partial charge in [0.1, 0.15) is 17.3 Å². The number of piperidine rings is 1. The fourth-order valence-corrected chi connectivity index (χ4v) is 5.82. The van der Waals surface area contributed by atoms with Crippen molar-refractivity contribution in [2.24, 2.45) is 5.92 Å². The average molecular weight is 591 g/mol. The van der Waals surface area contributed by atoms with Crippen LogP contribution in [-0.4, -0.2) is 46.5 Å². The third kappa shape index (κ3) is 6.36. The highest BCUT2D eigenvalue weighted by atomic mass is 32.1. The van der Waals surface area contributed by atoms with Gasteiger partial charge in [-0.2, -0.15) is 4.39 Å². The number of aromatic nitrogens is 2. The van der Waals surface area contributed by atoms with Crippen LogP contribution < -0.4 is 9.80 Å². The van der Waals surface area contributed by atoms with Crippen molar-refractivity contribution in [3.8, 4) is 22.4 Å². The van der Waals surface area contributed by atoms with Gasteiger partial charge >= 0.3 is 5.97 Å². The van der Waals surface area contributed by atoms with E-state index < -0.39 is 35.2 Å². The van der Waals surface area contributed by atoms with Crippen molar-refractivity contribution in [3.05, 3.63) is 83.4 Å². The Kier molecular flexibility index (Phi) is 8.67. The molecule has 3 heterocycles. The average Bonchev–Trinajstić information content (AvgIpc) is 3.38. The number of carbonyl (C=O) groups is 3. The molecule has 1 saturated heterocycles. The molecule has 1 fully saturated rings. The van der Waals surface area contributed by atoms with Crippen molar-refractivity contribution in [3.63, 3.8) is 0 Å². The molecule has 1 aliphatic heterocycles.